The van der Waals surface area contributed by atoms with E-state index in [2.05, 4.69) is 35.1 Å². The first-order valence-electron chi connectivity index (χ1n) is 7.02. The average molecular weight is 341 g/mol. The number of anilines is 1. The van der Waals surface area contributed by atoms with Gasteiger partial charge in [-0.3, -0.25) is 4.79 Å². The molecule has 0 fully saturated rings. The maximum atomic E-state index is 12.0. The molecule has 0 aliphatic carbocycles. The fraction of sp³-hybridized carbons (Fsp3) is 0.562. The van der Waals surface area contributed by atoms with Crippen LogP contribution in [0.25, 0.3) is 0 Å². The Balaban J connectivity index is 2.59. The lowest BCUT2D eigenvalue weighted by atomic mass is 9.84. The van der Waals surface area contributed by atoms with Gasteiger partial charge in [-0.2, -0.15) is 0 Å². The van der Waals surface area contributed by atoms with Crippen molar-refractivity contribution in [3.05, 3.63) is 27.7 Å². The minimum atomic E-state index is 0.0659. The molecule has 1 amide bonds. The minimum Gasteiger partial charge on any atom is -0.330 e. The molecule has 0 saturated carbocycles. The predicted molar refractivity (Wildman–Crippen MR) is 88.9 cm³/mol. The first-order valence-corrected chi connectivity index (χ1v) is 7.81. The number of nitrogens with one attached hydrogen (secondary N) is 1. The molecule has 0 spiro atoms. The second kappa shape index (κ2) is 7.23. The Labute approximate surface area is 130 Å². The van der Waals surface area contributed by atoms with Crippen LogP contribution in [-0.2, 0) is 4.79 Å². The Bertz CT molecular complexity index is 460. The van der Waals surface area contributed by atoms with Crippen LogP contribution in [0.5, 0.6) is 0 Å². The zero-order chi connectivity index (χ0) is 15.3. The minimum absolute atomic E-state index is 0.0659. The molecule has 1 rings (SSSR count). The first-order chi connectivity index (χ1) is 9.25. The van der Waals surface area contributed by atoms with Crippen molar-refractivity contribution in [3.8, 4) is 0 Å². The van der Waals surface area contributed by atoms with Gasteiger partial charge in [-0.25, -0.2) is 0 Å². The number of halogens is 1. The lowest BCUT2D eigenvalue weighted by Gasteiger charge is -2.23. The lowest BCUT2D eigenvalue weighted by Crippen LogP contribution is -2.20. The number of amides is 1. The topological polar surface area (TPSA) is 55.1 Å². The van der Waals surface area contributed by atoms with E-state index in [1.54, 1.807) is 0 Å². The van der Waals surface area contributed by atoms with E-state index >= 15 is 0 Å². The van der Waals surface area contributed by atoms with Crippen LogP contribution in [0, 0.1) is 19.3 Å². The summed E-state index contributed by atoms with van der Waals surface area (Å²) in [5, 5.41) is 2.97. The van der Waals surface area contributed by atoms with Crippen molar-refractivity contribution in [3.63, 3.8) is 0 Å². The maximum absolute atomic E-state index is 12.0. The van der Waals surface area contributed by atoms with Crippen LogP contribution in [0.3, 0.4) is 0 Å². The van der Waals surface area contributed by atoms with Crippen LogP contribution < -0.4 is 11.1 Å². The smallest absolute Gasteiger partial charge is 0.224 e. The molecule has 0 unspecified atom stereocenters. The average Bonchev–Trinajstić information content (AvgIpc) is 2.33. The highest BCUT2D eigenvalue weighted by Crippen LogP contribution is 2.27. The molecule has 0 radical (unpaired) electrons. The Morgan fingerprint density at radius 2 is 1.80 bits per heavy atom. The van der Waals surface area contributed by atoms with E-state index in [-0.39, 0.29) is 11.3 Å². The summed E-state index contributed by atoms with van der Waals surface area (Å²) >= 11 is 3.53. The summed E-state index contributed by atoms with van der Waals surface area (Å²) in [5.41, 5.74) is 8.83. The van der Waals surface area contributed by atoms with Crippen LogP contribution >= 0.6 is 15.9 Å². The molecule has 0 atom stereocenters. The highest BCUT2D eigenvalue weighted by atomic mass is 79.9. The second-order valence-electron chi connectivity index (χ2n) is 6.18. The number of carbonyl (C=O) groups excluding carboxylic acids is 1. The fourth-order valence-electron chi connectivity index (χ4n) is 2.21. The molecule has 3 N–H and O–H groups in total. The molecule has 112 valence electrons. The van der Waals surface area contributed by atoms with Crippen LogP contribution in [-0.4, -0.2) is 12.5 Å². The molecule has 0 heterocycles. The van der Waals surface area contributed by atoms with Crippen molar-refractivity contribution in [2.24, 2.45) is 11.1 Å². The first kappa shape index (κ1) is 17.2. The summed E-state index contributed by atoms with van der Waals surface area (Å²) in [6, 6.07) is 3.97. The molecule has 1 aromatic rings. The highest BCUT2D eigenvalue weighted by molar-refractivity contribution is 9.10. The quantitative estimate of drug-likeness (QED) is 0.816. The molecule has 3 nitrogen and oxygen atoms in total. The van der Waals surface area contributed by atoms with Gasteiger partial charge in [0.25, 0.3) is 0 Å². The predicted octanol–water partition coefficient (Wildman–Crippen LogP) is 4.16. The summed E-state index contributed by atoms with van der Waals surface area (Å²) < 4.78 is 1.10. The third-order valence-corrected chi connectivity index (χ3v) is 4.82. The Hall–Kier alpha value is -0.870. The molecule has 0 aliphatic heterocycles. The zero-order valence-corrected chi connectivity index (χ0v) is 14.4. The van der Waals surface area contributed by atoms with Crippen molar-refractivity contribution in [2.45, 2.75) is 47.0 Å². The van der Waals surface area contributed by atoms with Crippen molar-refractivity contribution in [1.29, 1.82) is 0 Å². The van der Waals surface area contributed by atoms with E-state index in [0.717, 1.165) is 34.1 Å². The van der Waals surface area contributed by atoms with Gasteiger partial charge in [0.15, 0.2) is 0 Å². The summed E-state index contributed by atoms with van der Waals surface area (Å²) in [4.78, 5) is 12.0. The standard InChI is InChI=1S/C16H25BrN2O/c1-11-9-13(10-12(2)15(11)17)19-14(20)5-6-16(3,4)7-8-18/h9-10H,5-8,18H2,1-4H3,(H,19,20). The second-order valence-corrected chi connectivity index (χ2v) is 6.97. The third-order valence-electron chi connectivity index (χ3n) is 3.57. The summed E-state index contributed by atoms with van der Waals surface area (Å²) in [7, 11) is 0. The van der Waals surface area contributed by atoms with Crippen molar-refractivity contribution in [1.82, 2.24) is 0 Å². The van der Waals surface area contributed by atoms with Crippen LogP contribution in [0.2, 0.25) is 0 Å². The Morgan fingerprint density at radius 3 is 2.30 bits per heavy atom. The SMILES string of the molecule is Cc1cc(NC(=O)CCC(C)(C)CCN)cc(C)c1Br. The van der Waals surface area contributed by atoms with E-state index in [0.29, 0.717) is 13.0 Å². The number of rotatable bonds is 6. The third kappa shape index (κ3) is 5.25. The molecular formula is C16H25BrN2O. The maximum Gasteiger partial charge on any atom is 0.224 e. The Morgan fingerprint density at radius 1 is 1.25 bits per heavy atom. The summed E-state index contributed by atoms with van der Waals surface area (Å²) in [5.74, 6) is 0.0659. The molecule has 0 aromatic heterocycles. The largest absolute Gasteiger partial charge is 0.330 e. The van der Waals surface area contributed by atoms with Crippen molar-refractivity contribution < 1.29 is 4.79 Å². The molecule has 1 aromatic carbocycles. The summed E-state index contributed by atoms with van der Waals surface area (Å²) in [6.07, 6.45) is 2.32. The zero-order valence-electron chi connectivity index (χ0n) is 12.8. The van der Waals surface area contributed by atoms with Gasteiger partial charge < -0.3 is 11.1 Å². The monoisotopic (exact) mass is 340 g/mol. The van der Waals surface area contributed by atoms with E-state index in [4.69, 9.17) is 5.73 Å². The van der Waals surface area contributed by atoms with Gasteiger partial charge in [-0.15, -0.1) is 0 Å². The normalized spacial score (nSPS) is 11.5. The molecule has 0 bridgehead atoms. The lowest BCUT2D eigenvalue weighted by molar-refractivity contribution is -0.116. The number of nitrogens with two attached hydrogens (primary N) is 1. The van der Waals surface area contributed by atoms with E-state index < -0.39 is 0 Å². The van der Waals surface area contributed by atoms with Crippen molar-refractivity contribution in [2.75, 3.05) is 11.9 Å². The van der Waals surface area contributed by atoms with Crippen LogP contribution in [0.15, 0.2) is 16.6 Å². The van der Waals surface area contributed by atoms with Gasteiger partial charge >= 0.3 is 0 Å². The molecule has 0 saturated heterocycles. The molecule has 4 heteroatoms. The number of benzene rings is 1. The van der Waals surface area contributed by atoms with Gasteiger partial charge in [-0.1, -0.05) is 29.8 Å². The number of carbonyl (C=O) groups is 1. The highest BCUT2D eigenvalue weighted by Gasteiger charge is 2.18. The van der Waals surface area contributed by atoms with Crippen LogP contribution in [0.1, 0.15) is 44.2 Å². The van der Waals surface area contributed by atoms with Gasteiger partial charge in [-0.05, 0) is 61.9 Å². The summed E-state index contributed by atoms with van der Waals surface area (Å²) in [6.45, 7) is 9.02. The molecule has 0 aliphatic rings. The van der Waals surface area contributed by atoms with Gasteiger partial charge in [0.1, 0.15) is 0 Å². The van der Waals surface area contributed by atoms with Crippen molar-refractivity contribution >= 4 is 27.5 Å². The van der Waals surface area contributed by atoms with Gasteiger partial charge in [0.05, 0.1) is 0 Å². The number of aryl methyl sites for hydroxylation is 2. The van der Waals surface area contributed by atoms with E-state index in [9.17, 15) is 4.79 Å². The molecular weight excluding hydrogens is 316 g/mol. The molecule has 20 heavy (non-hydrogen) atoms. The van der Waals surface area contributed by atoms with Gasteiger partial charge in [0.2, 0.25) is 5.91 Å². The van der Waals surface area contributed by atoms with E-state index in [1.807, 2.05) is 26.0 Å². The fourth-order valence-corrected chi connectivity index (χ4v) is 2.44. The Kier molecular flexibility index (Phi) is 6.21. The van der Waals surface area contributed by atoms with Gasteiger partial charge in [0, 0.05) is 16.6 Å². The van der Waals surface area contributed by atoms with Crippen LogP contribution in [0.4, 0.5) is 5.69 Å². The number of hydrogen-bond donors (Lipinski definition) is 2. The van der Waals surface area contributed by atoms with E-state index in [1.165, 1.54) is 0 Å². The number of hydrogen-bond acceptors (Lipinski definition) is 2.